The van der Waals surface area contributed by atoms with Crippen molar-refractivity contribution < 1.29 is 9.84 Å². The quantitative estimate of drug-likeness (QED) is 0.804. The van der Waals surface area contributed by atoms with Gasteiger partial charge in [-0.1, -0.05) is 0 Å². The minimum atomic E-state index is -0.474. The topological polar surface area (TPSA) is 47.3 Å². The molecule has 0 saturated carbocycles. The zero-order chi connectivity index (χ0) is 12.1. The number of hydrogen-bond donors (Lipinski definition) is 1. The predicted octanol–water partition coefficient (Wildman–Crippen LogP) is 1.79. The molecule has 0 spiro atoms. The zero-order valence-corrected chi connectivity index (χ0v) is 10.6. The number of ether oxygens (including phenoxy) is 1. The maximum Gasteiger partial charge on any atom is 0.0829 e. The minimum Gasteiger partial charge on any atom is -0.390 e. The standard InChI is InChI=1S/C12H22N2O2/c1-9(2)14-6-5-11(13-14)7-12(15)8-16-10(3)4/h5-6,9-10,12,15H,7-8H2,1-4H3. The number of aliphatic hydroxyl groups is 1. The van der Waals surface area contributed by atoms with Crippen LogP contribution in [0.1, 0.15) is 39.4 Å². The summed E-state index contributed by atoms with van der Waals surface area (Å²) in [5.74, 6) is 0. The molecule has 92 valence electrons. The van der Waals surface area contributed by atoms with Gasteiger partial charge in [0.2, 0.25) is 0 Å². The Kier molecular flexibility index (Phi) is 4.96. The molecule has 1 N–H and O–H groups in total. The molecule has 0 aliphatic carbocycles. The van der Waals surface area contributed by atoms with E-state index in [9.17, 15) is 5.11 Å². The van der Waals surface area contributed by atoms with Crippen molar-refractivity contribution >= 4 is 0 Å². The number of aromatic nitrogens is 2. The van der Waals surface area contributed by atoms with Gasteiger partial charge in [0.1, 0.15) is 0 Å². The van der Waals surface area contributed by atoms with Crippen molar-refractivity contribution in [2.24, 2.45) is 0 Å². The largest absolute Gasteiger partial charge is 0.390 e. The first-order valence-electron chi connectivity index (χ1n) is 5.82. The van der Waals surface area contributed by atoms with Gasteiger partial charge in [-0.15, -0.1) is 0 Å². The predicted molar refractivity (Wildman–Crippen MR) is 63.4 cm³/mol. The highest BCUT2D eigenvalue weighted by Gasteiger charge is 2.10. The highest BCUT2D eigenvalue weighted by atomic mass is 16.5. The first-order chi connectivity index (χ1) is 7.49. The molecule has 1 aromatic heterocycles. The van der Waals surface area contributed by atoms with Gasteiger partial charge in [0.15, 0.2) is 0 Å². The Bertz CT molecular complexity index is 308. The van der Waals surface area contributed by atoms with Crippen molar-refractivity contribution in [2.75, 3.05) is 6.61 Å². The summed E-state index contributed by atoms with van der Waals surface area (Å²) in [7, 11) is 0. The summed E-state index contributed by atoms with van der Waals surface area (Å²) in [4.78, 5) is 0. The molecule has 1 unspecified atom stereocenters. The first-order valence-corrected chi connectivity index (χ1v) is 5.82. The monoisotopic (exact) mass is 226 g/mol. The average molecular weight is 226 g/mol. The summed E-state index contributed by atoms with van der Waals surface area (Å²) < 4.78 is 7.24. The van der Waals surface area contributed by atoms with Gasteiger partial charge in [0.25, 0.3) is 0 Å². The molecular weight excluding hydrogens is 204 g/mol. The molecule has 0 bridgehead atoms. The molecule has 1 atom stereocenters. The van der Waals surface area contributed by atoms with Crippen LogP contribution < -0.4 is 0 Å². The number of hydrogen-bond acceptors (Lipinski definition) is 3. The Balaban J connectivity index is 2.40. The van der Waals surface area contributed by atoms with Crippen LogP contribution in [0.25, 0.3) is 0 Å². The van der Waals surface area contributed by atoms with E-state index >= 15 is 0 Å². The van der Waals surface area contributed by atoms with Crippen molar-refractivity contribution in [3.63, 3.8) is 0 Å². The van der Waals surface area contributed by atoms with E-state index in [1.165, 1.54) is 0 Å². The van der Waals surface area contributed by atoms with Crippen LogP contribution in [0.3, 0.4) is 0 Å². The third-order valence-electron chi connectivity index (χ3n) is 2.26. The van der Waals surface area contributed by atoms with Gasteiger partial charge >= 0.3 is 0 Å². The molecular formula is C12H22N2O2. The lowest BCUT2D eigenvalue weighted by molar-refractivity contribution is 0.00580. The normalized spacial score (nSPS) is 13.7. The lowest BCUT2D eigenvalue weighted by Gasteiger charge is -2.12. The van der Waals surface area contributed by atoms with Gasteiger partial charge in [0, 0.05) is 18.7 Å². The smallest absolute Gasteiger partial charge is 0.0829 e. The molecule has 0 saturated heterocycles. The van der Waals surface area contributed by atoms with Crippen molar-refractivity contribution in [2.45, 2.75) is 52.4 Å². The minimum absolute atomic E-state index is 0.155. The molecule has 0 aromatic carbocycles. The molecule has 0 radical (unpaired) electrons. The van der Waals surface area contributed by atoms with Crippen molar-refractivity contribution in [1.29, 1.82) is 0 Å². The van der Waals surface area contributed by atoms with Gasteiger partial charge < -0.3 is 9.84 Å². The van der Waals surface area contributed by atoms with Crippen LogP contribution >= 0.6 is 0 Å². The molecule has 0 amide bonds. The number of nitrogens with zero attached hydrogens (tertiary/aromatic N) is 2. The van der Waals surface area contributed by atoms with Crippen LogP contribution in [0.5, 0.6) is 0 Å². The van der Waals surface area contributed by atoms with E-state index in [4.69, 9.17) is 4.74 Å². The van der Waals surface area contributed by atoms with Crippen molar-refractivity contribution in [3.05, 3.63) is 18.0 Å². The molecule has 4 nitrogen and oxygen atoms in total. The molecule has 0 fully saturated rings. The molecule has 4 heteroatoms. The van der Waals surface area contributed by atoms with E-state index in [1.807, 2.05) is 30.8 Å². The lowest BCUT2D eigenvalue weighted by Crippen LogP contribution is -2.21. The van der Waals surface area contributed by atoms with Gasteiger partial charge in [0.05, 0.1) is 24.5 Å². The molecule has 16 heavy (non-hydrogen) atoms. The second-order valence-corrected chi connectivity index (χ2v) is 4.62. The Morgan fingerprint density at radius 3 is 2.56 bits per heavy atom. The highest BCUT2D eigenvalue weighted by molar-refractivity contribution is 5.01. The Morgan fingerprint density at radius 1 is 1.38 bits per heavy atom. The number of aliphatic hydroxyl groups excluding tert-OH is 1. The Hall–Kier alpha value is -0.870. The van der Waals surface area contributed by atoms with Crippen LogP contribution in [0, 0.1) is 0 Å². The highest BCUT2D eigenvalue weighted by Crippen LogP contribution is 2.06. The summed E-state index contributed by atoms with van der Waals surface area (Å²) in [5, 5.41) is 14.1. The molecule has 1 heterocycles. The van der Waals surface area contributed by atoms with Crippen LogP contribution in [0.15, 0.2) is 12.3 Å². The van der Waals surface area contributed by atoms with Gasteiger partial charge in [-0.2, -0.15) is 5.10 Å². The maximum atomic E-state index is 9.73. The second-order valence-electron chi connectivity index (χ2n) is 4.62. The van der Waals surface area contributed by atoms with Gasteiger partial charge in [-0.05, 0) is 33.8 Å². The van der Waals surface area contributed by atoms with E-state index in [1.54, 1.807) is 0 Å². The fourth-order valence-electron chi connectivity index (χ4n) is 1.38. The molecule has 0 aliphatic rings. The summed E-state index contributed by atoms with van der Waals surface area (Å²) in [6.45, 7) is 8.44. The van der Waals surface area contributed by atoms with E-state index in [0.29, 0.717) is 19.1 Å². The van der Waals surface area contributed by atoms with Crippen molar-refractivity contribution in [3.8, 4) is 0 Å². The van der Waals surface area contributed by atoms with E-state index in [0.717, 1.165) is 5.69 Å². The van der Waals surface area contributed by atoms with Crippen LogP contribution in [-0.4, -0.2) is 33.7 Å². The summed E-state index contributed by atoms with van der Waals surface area (Å²) in [5.41, 5.74) is 0.911. The third-order valence-corrected chi connectivity index (χ3v) is 2.26. The van der Waals surface area contributed by atoms with Crippen LogP contribution in [0.2, 0.25) is 0 Å². The van der Waals surface area contributed by atoms with Gasteiger partial charge in [-0.3, -0.25) is 4.68 Å². The Morgan fingerprint density at radius 2 is 2.06 bits per heavy atom. The molecule has 1 rings (SSSR count). The van der Waals surface area contributed by atoms with E-state index in [2.05, 4.69) is 18.9 Å². The number of rotatable bonds is 6. The fraction of sp³-hybridized carbons (Fsp3) is 0.750. The lowest BCUT2D eigenvalue weighted by atomic mass is 10.2. The fourth-order valence-corrected chi connectivity index (χ4v) is 1.38. The second kappa shape index (κ2) is 6.01. The Labute approximate surface area is 97.2 Å². The maximum absolute atomic E-state index is 9.73. The molecule has 0 aliphatic heterocycles. The molecule has 1 aromatic rings. The van der Waals surface area contributed by atoms with E-state index < -0.39 is 6.10 Å². The van der Waals surface area contributed by atoms with E-state index in [-0.39, 0.29) is 6.10 Å². The zero-order valence-electron chi connectivity index (χ0n) is 10.6. The van der Waals surface area contributed by atoms with Crippen LogP contribution in [0.4, 0.5) is 0 Å². The first kappa shape index (κ1) is 13.2. The van der Waals surface area contributed by atoms with Gasteiger partial charge in [-0.25, -0.2) is 0 Å². The summed E-state index contributed by atoms with van der Waals surface area (Å²) in [6.07, 6.45) is 2.17. The SMILES string of the molecule is CC(C)OCC(O)Cc1ccn(C(C)C)n1. The third kappa shape index (κ3) is 4.33. The summed E-state index contributed by atoms with van der Waals surface area (Å²) >= 11 is 0. The van der Waals surface area contributed by atoms with Crippen molar-refractivity contribution in [1.82, 2.24) is 9.78 Å². The average Bonchev–Trinajstić information content (AvgIpc) is 2.63. The van der Waals surface area contributed by atoms with Crippen LogP contribution in [-0.2, 0) is 11.2 Å². The summed E-state index contributed by atoms with van der Waals surface area (Å²) in [6, 6.07) is 2.30.